The minimum atomic E-state index is 0.306. The van der Waals surface area contributed by atoms with Crippen LogP contribution >= 0.6 is 0 Å². The van der Waals surface area contributed by atoms with Crippen molar-refractivity contribution in [2.24, 2.45) is 0 Å². The zero-order valence-electron chi connectivity index (χ0n) is 20.9. The monoisotopic (exact) mass is 477 g/mol. The fraction of sp³-hybridized carbons (Fsp3) is 0.379. The molecule has 0 radical (unpaired) electrons. The molecule has 0 fully saturated rings. The number of fused-ring (bicyclic) bond motifs is 1. The minimum Gasteiger partial charge on any atom is -0.497 e. The van der Waals surface area contributed by atoms with E-state index in [0.29, 0.717) is 6.79 Å². The van der Waals surface area contributed by atoms with Gasteiger partial charge in [-0.1, -0.05) is 24.3 Å². The van der Waals surface area contributed by atoms with Crippen LogP contribution in [-0.4, -0.2) is 52.7 Å². The van der Waals surface area contributed by atoms with E-state index >= 15 is 0 Å². The molecule has 3 aromatic rings. The van der Waals surface area contributed by atoms with Crippen molar-refractivity contribution in [2.45, 2.75) is 25.7 Å². The van der Waals surface area contributed by atoms with Gasteiger partial charge in [-0.15, -0.1) is 0 Å². The summed E-state index contributed by atoms with van der Waals surface area (Å²) < 4.78 is 27.3. The van der Waals surface area contributed by atoms with Crippen LogP contribution < -0.4 is 23.7 Å². The molecule has 0 N–H and O–H groups in total. The van der Waals surface area contributed by atoms with E-state index in [1.807, 2.05) is 18.2 Å². The number of hydrogen-bond acceptors (Lipinski definition) is 6. The predicted molar refractivity (Wildman–Crippen MR) is 137 cm³/mol. The van der Waals surface area contributed by atoms with Crippen LogP contribution in [0.3, 0.4) is 0 Å². The van der Waals surface area contributed by atoms with Gasteiger partial charge in [0.25, 0.3) is 0 Å². The first kappa shape index (κ1) is 24.7. The SMILES string of the molecule is COc1cccc(CCCN(CCc2ccc(OC)c(OC)c2)CCc2ccc3c(c2)OCO3)c1. The summed E-state index contributed by atoms with van der Waals surface area (Å²) in [5.41, 5.74) is 3.81. The Labute approximate surface area is 208 Å². The molecule has 3 aromatic carbocycles. The summed E-state index contributed by atoms with van der Waals surface area (Å²) in [5, 5.41) is 0. The molecule has 4 rings (SSSR count). The Hall–Kier alpha value is -3.38. The van der Waals surface area contributed by atoms with Gasteiger partial charge in [0.1, 0.15) is 5.75 Å². The van der Waals surface area contributed by atoms with Gasteiger partial charge in [-0.25, -0.2) is 0 Å². The maximum atomic E-state index is 5.56. The van der Waals surface area contributed by atoms with Gasteiger partial charge < -0.3 is 28.6 Å². The summed E-state index contributed by atoms with van der Waals surface area (Å²) in [7, 11) is 5.06. The molecule has 35 heavy (non-hydrogen) atoms. The molecule has 0 unspecified atom stereocenters. The zero-order valence-corrected chi connectivity index (χ0v) is 20.9. The second-order valence-corrected chi connectivity index (χ2v) is 8.67. The van der Waals surface area contributed by atoms with E-state index in [9.17, 15) is 0 Å². The fourth-order valence-electron chi connectivity index (χ4n) is 4.38. The van der Waals surface area contributed by atoms with Crippen LogP contribution in [0.1, 0.15) is 23.1 Å². The van der Waals surface area contributed by atoms with Crippen molar-refractivity contribution in [1.82, 2.24) is 4.90 Å². The van der Waals surface area contributed by atoms with Crippen molar-refractivity contribution >= 4 is 0 Å². The lowest BCUT2D eigenvalue weighted by Gasteiger charge is -2.23. The Bertz CT molecular complexity index is 1100. The molecule has 186 valence electrons. The molecule has 0 saturated heterocycles. The third-order valence-electron chi connectivity index (χ3n) is 6.39. The Morgan fingerprint density at radius 1 is 0.657 bits per heavy atom. The van der Waals surface area contributed by atoms with Gasteiger partial charge in [0, 0.05) is 13.1 Å². The molecule has 6 nitrogen and oxygen atoms in total. The molecule has 0 aliphatic carbocycles. The smallest absolute Gasteiger partial charge is 0.231 e. The van der Waals surface area contributed by atoms with E-state index in [1.165, 1.54) is 16.7 Å². The van der Waals surface area contributed by atoms with Crippen LogP contribution in [0.15, 0.2) is 60.7 Å². The van der Waals surface area contributed by atoms with E-state index in [2.05, 4.69) is 47.4 Å². The topological polar surface area (TPSA) is 49.4 Å². The van der Waals surface area contributed by atoms with E-state index < -0.39 is 0 Å². The molecule has 0 saturated carbocycles. The molecule has 1 heterocycles. The normalized spacial score (nSPS) is 12.1. The quantitative estimate of drug-likeness (QED) is 0.339. The van der Waals surface area contributed by atoms with Crippen LogP contribution in [0.2, 0.25) is 0 Å². The van der Waals surface area contributed by atoms with Gasteiger partial charge in [-0.3, -0.25) is 0 Å². The summed E-state index contributed by atoms with van der Waals surface area (Å²) in [6, 6.07) is 20.8. The summed E-state index contributed by atoms with van der Waals surface area (Å²) in [6.45, 7) is 3.28. The highest BCUT2D eigenvalue weighted by molar-refractivity contribution is 5.45. The van der Waals surface area contributed by atoms with E-state index in [1.54, 1.807) is 21.3 Å². The standard InChI is InChI=1S/C29H35NO5/c1-31-25-8-4-6-22(18-25)7-5-15-30(16-13-23-9-11-26(32-2)28(19-23)33-3)17-14-24-10-12-27-29(20-24)35-21-34-27/h4,6,8-12,18-20H,5,7,13-17,21H2,1-3H3. The van der Waals surface area contributed by atoms with Crippen LogP contribution in [0, 0.1) is 0 Å². The summed E-state index contributed by atoms with van der Waals surface area (Å²) in [5.74, 6) is 4.12. The van der Waals surface area contributed by atoms with Crippen LogP contribution in [0.25, 0.3) is 0 Å². The third kappa shape index (κ3) is 6.83. The van der Waals surface area contributed by atoms with Crippen LogP contribution in [0.4, 0.5) is 0 Å². The van der Waals surface area contributed by atoms with E-state index in [0.717, 1.165) is 74.1 Å². The molecular weight excluding hydrogens is 442 g/mol. The van der Waals surface area contributed by atoms with Gasteiger partial charge in [0.2, 0.25) is 6.79 Å². The van der Waals surface area contributed by atoms with Gasteiger partial charge >= 0.3 is 0 Å². The van der Waals surface area contributed by atoms with Crippen molar-refractivity contribution in [3.8, 4) is 28.7 Å². The lowest BCUT2D eigenvalue weighted by Crippen LogP contribution is -2.30. The maximum Gasteiger partial charge on any atom is 0.231 e. The van der Waals surface area contributed by atoms with Gasteiger partial charge in [-0.05, 0) is 85.3 Å². The van der Waals surface area contributed by atoms with E-state index in [4.69, 9.17) is 23.7 Å². The third-order valence-corrected chi connectivity index (χ3v) is 6.39. The number of rotatable bonds is 13. The molecule has 0 bridgehead atoms. The zero-order chi connectivity index (χ0) is 24.5. The molecule has 6 heteroatoms. The molecule has 0 atom stereocenters. The molecule has 0 amide bonds. The lowest BCUT2D eigenvalue weighted by atomic mass is 10.1. The second kappa shape index (κ2) is 12.4. The van der Waals surface area contributed by atoms with Crippen LogP contribution in [0.5, 0.6) is 28.7 Å². The van der Waals surface area contributed by atoms with Gasteiger partial charge in [0.05, 0.1) is 21.3 Å². The molecular formula is C29H35NO5. The average Bonchev–Trinajstić information content (AvgIpc) is 3.37. The Balaban J connectivity index is 1.37. The molecule has 1 aliphatic heterocycles. The summed E-state index contributed by atoms with van der Waals surface area (Å²) in [6.07, 6.45) is 4.01. The summed E-state index contributed by atoms with van der Waals surface area (Å²) in [4.78, 5) is 2.54. The first-order chi connectivity index (χ1) is 17.2. The number of hydrogen-bond donors (Lipinski definition) is 0. The first-order valence-electron chi connectivity index (χ1n) is 12.1. The second-order valence-electron chi connectivity index (χ2n) is 8.67. The van der Waals surface area contributed by atoms with Crippen molar-refractivity contribution in [2.75, 3.05) is 47.8 Å². The highest BCUT2D eigenvalue weighted by atomic mass is 16.7. The van der Waals surface area contributed by atoms with Gasteiger partial charge in [0.15, 0.2) is 23.0 Å². The fourth-order valence-corrected chi connectivity index (χ4v) is 4.38. The number of ether oxygens (including phenoxy) is 5. The van der Waals surface area contributed by atoms with Crippen molar-refractivity contribution in [1.29, 1.82) is 0 Å². The van der Waals surface area contributed by atoms with Gasteiger partial charge in [-0.2, -0.15) is 0 Å². The number of methoxy groups -OCH3 is 3. The Kier molecular flexibility index (Phi) is 8.74. The minimum absolute atomic E-state index is 0.306. The number of benzene rings is 3. The largest absolute Gasteiger partial charge is 0.497 e. The molecule has 0 aromatic heterocycles. The number of nitrogens with zero attached hydrogens (tertiary/aromatic N) is 1. The Morgan fingerprint density at radius 3 is 2.14 bits per heavy atom. The predicted octanol–water partition coefficient (Wildman–Crippen LogP) is 5.16. The Morgan fingerprint density at radius 2 is 1.37 bits per heavy atom. The highest BCUT2D eigenvalue weighted by Gasteiger charge is 2.14. The van der Waals surface area contributed by atoms with Crippen molar-refractivity contribution in [3.05, 3.63) is 77.4 Å². The van der Waals surface area contributed by atoms with Crippen LogP contribution in [-0.2, 0) is 19.3 Å². The lowest BCUT2D eigenvalue weighted by molar-refractivity contribution is 0.174. The highest BCUT2D eigenvalue weighted by Crippen LogP contribution is 2.32. The average molecular weight is 478 g/mol. The molecule has 1 aliphatic rings. The maximum absolute atomic E-state index is 5.56. The van der Waals surface area contributed by atoms with Crippen molar-refractivity contribution < 1.29 is 23.7 Å². The summed E-state index contributed by atoms with van der Waals surface area (Å²) >= 11 is 0. The van der Waals surface area contributed by atoms with E-state index in [-0.39, 0.29) is 0 Å². The molecule has 0 spiro atoms. The van der Waals surface area contributed by atoms with Crippen molar-refractivity contribution in [3.63, 3.8) is 0 Å². The first-order valence-corrected chi connectivity index (χ1v) is 12.1. The number of aryl methyl sites for hydroxylation is 1.